The molecule has 1 N–H and O–H groups in total. The average molecular weight is 237 g/mol. The predicted octanol–water partition coefficient (Wildman–Crippen LogP) is 3.21. The van der Waals surface area contributed by atoms with Crippen LogP contribution in [0.5, 0.6) is 5.88 Å². The van der Waals surface area contributed by atoms with Crippen LogP contribution in [0, 0.1) is 0 Å². The van der Waals surface area contributed by atoms with Crippen molar-refractivity contribution in [2.24, 2.45) is 0 Å². The van der Waals surface area contributed by atoms with E-state index in [0.29, 0.717) is 11.8 Å². The van der Waals surface area contributed by atoms with Gasteiger partial charge in [0, 0.05) is 7.05 Å². The van der Waals surface area contributed by atoms with Crippen LogP contribution in [0.25, 0.3) is 0 Å². The summed E-state index contributed by atoms with van der Waals surface area (Å²) in [5.41, 5.74) is 0.833. The van der Waals surface area contributed by atoms with Gasteiger partial charge in [0.2, 0.25) is 5.88 Å². The van der Waals surface area contributed by atoms with Crippen LogP contribution in [0.2, 0.25) is 0 Å². The zero-order valence-electron chi connectivity index (χ0n) is 11.7. The molecule has 0 saturated heterocycles. The van der Waals surface area contributed by atoms with Gasteiger partial charge < -0.3 is 10.1 Å². The molecule has 1 aromatic heterocycles. The number of nitrogens with one attached hydrogen (secondary N) is 1. The number of hydrogen-bond donors (Lipinski definition) is 1. The smallest absolute Gasteiger partial charge is 0.222 e. The summed E-state index contributed by atoms with van der Waals surface area (Å²) < 4.78 is 5.99. The maximum atomic E-state index is 5.99. The fourth-order valence-electron chi connectivity index (χ4n) is 1.51. The topological polar surface area (TPSA) is 47.0 Å². The molecule has 0 bridgehead atoms. The number of hydrogen-bond acceptors (Lipinski definition) is 4. The zero-order chi connectivity index (χ0) is 13.1. The first-order valence-corrected chi connectivity index (χ1v) is 6.13. The van der Waals surface area contributed by atoms with Crippen molar-refractivity contribution in [2.45, 2.75) is 52.6 Å². The van der Waals surface area contributed by atoms with Gasteiger partial charge >= 0.3 is 0 Å². The predicted molar refractivity (Wildman–Crippen MR) is 70.7 cm³/mol. The third-order valence-corrected chi connectivity index (χ3v) is 2.89. The normalized spacial score (nSPS) is 11.7. The Bertz CT molecular complexity index is 375. The number of nitrogens with zero attached hydrogens (tertiary/aromatic N) is 2. The molecular weight excluding hydrogens is 214 g/mol. The second kappa shape index (κ2) is 5.34. The Morgan fingerprint density at radius 3 is 2.47 bits per heavy atom. The summed E-state index contributed by atoms with van der Waals surface area (Å²) >= 11 is 0. The summed E-state index contributed by atoms with van der Waals surface area (Å²) in [7, 11) is 1.86. The van der Waals surface area contributed by atoms with Crippen molar-refractivity contribution in [1.29, 1.82) is 0 Å². The van der Waals surface area contributed by atoms with E-state index in [2.05, 4.69) is 49.9 Å². The van der Waals surface area contributed by atoms with Crippen LogP contribution in [-0.4, -0.2) is 22.6 Å². The molecule has 4 heteroatoms. The van der Waals surface area contributed by atoms with Crippen molar-refractivity contribution in [3.63, 3.8) is 0 Å². The van der Waals surface area contributed by atoms with Gasteiger partial charge in [-0.1, -0.05) is 20.8 Å². The molecule has 17 heavy (non-hydrogen) atoms. The van der Waals surface area contributed by atoms with E-state index in [4.69, 9.17) is 4.74 Å². The van der Waals surface area contributed by atoms with Crippen LogP contribution in [-0.2, 0) is 0 Å². The van der Waals surface area contributed by atoms with Crippen molar-refractivity contribution in [1.82, 2.24) is 9.97 Å². The van der Waals surface area contributed by atoms with Gasteiger partial charge in [-0.05, 0) is 26.2 Å². The summed E-state index contributed by atoms with van der Waals surface area (Å²) in [5, 5.41) is 3.09. The molecule has 0 aliphatic rings. The molecule has 0 unspecified atom stereocenters. The second-order valence-electron chi connectivity index (χ2n) is 5.06. The lowest BCUT2D eigenvalue weighted by Gasteiger charge is -2.26. The third kappa shape index (κ3) is 3.32. The maximum absolute atomic E-state index is 5.99. The summed E-state index contributed by atoms with van der Waals surface area (Å²) in [6.45, 7) is 10.5. The van der Waals surface area contributed by atoms with Crippen molar-refractivity contribution < 1.29 is 4.74 Å². The van der Waals surface area contributed by atoms with E-state index in [0.717, 1.165) is 17.8 Å². The van der Waals surface area contributed by atoms with E-state index in [1.54, 1.807) is 6.33 Å². The van der Waals surface area contributed by atoms with E-state index in [1.807, 2.05) is 7.05 Å². The first-order chi connectivity index (χ1) is 7.91. The Morgan fingerprint density at radius 1 is 1.35 bits per heavy atom. The van der Waals surface area contributed by atoms with Crippen LogP contribution in [0.3, 0.4) is 0 Å². The molecule has 0 radical (unpaired) electrons. The van der Waals surface area contributed by atoms with E-state index in [1.165, 1.54) is 0 Å². The van der Waals surface area contributed by atoms with Crippen LogP contribution in [0.1, 0.15) is 52.5 Å². The third-order valence-electron chi connectivity index (χ3n) is 2.89. The van der Waals surface area contributed by atoms with Gasteiger partial charge in [-0.25, -0.2) is 9.97 Å². The maximum Gasteiger partial charge on any atom is 0.222 e. The molecule has 0 aliphatic carbocycles. The Hall–Kier alpha value is -1.32. The van der Waals surface area contributed by atoms with Gasteiger partial charge in [0.15, 0.2) is 0 Å². The molecule has 0 atom stereocenters. The highest BCUT2D eigenvalue weighted by Crippen LogP contribution is 2.32. The molecule has 1 aromatic rings. The average Bonchev–Trinajstić information content (AvgIpc) is 2.27. The Kier molecular flexibility index (Phi) is 4.32. The Labute approximate surface area is 104 Å². The molecule has 0 aromatic carbocycles. The highest BCUT2D eigenvalue weighted by Gasteiger charge is 2.22. The Morgan fingerprint density at radius 2 is 2.00 bits per heavy atom. The summed E-state index contributed by atoms with van der Waals surface area (Å²) in [6.07, 6.45) is 2.47. The largest absolute Gasteiger partial charge is 0.471 e. The molecule has 4 nitrogen and oxygen atoms in total. The number of anilines is 1. The number of rotatable bonds is 5. The van der Waals surface area contributed by atoms with Gasteiger partial charge in [0.1, 0.15) is 17.7 Å². The SMILES string of the molecule is CCC(C)(C)Oc1ncnc(NC)c1C(C)C. The molecule has 0 amide bonds. The van der Waals surface area contributed by atoms with Gasteiger partial charge in [-0.2, -0.15) is 0 Å². The molecule has 1 heterocycles. The fourth-order valence-corrected chi connectivity index (χ4v) is 1.51. The van der Waals surface area contributed by atoms with Gasteiger partial charge in [-0.3, -0.25) is 0 Å². The minimum absolute atomic E-state index is 0.205. The molecule has 96 valence electrons. The summed E-state index contributed by atoms with van der Waals surface area (Å²) in [4.78, 5) is 8.50. The lowest BCUT2D eigenvalue weighted by atomic mass is 10.0. The minimum atomic E-state index is -0.205. The van der Waals surface area contributed by atoms with Crippen molar-refractivity contribution in [3.05, 3.63) is 11.9 Å². The van der Waals surface area contributed by atoms with Gasteiger partial charge in [0.25, 0.3) is 0 Å². The standard InChI is InChI=1S/C13H23N3O/c1-7-13(4,5)17-12-10(9(2)3)11(14-6)15-8-16-12/h8-9H,7H2,1-6H3,(H,14,15,16). The molecule has 0 spiro atoms. The lowest BCUT2D eigenvalue weighted by Crippen LogP contribution is -2.28. The molecular formula is C13H23N3O. The van der Waals surface area contributed by atoms with Crippen molar-refractivity contribution >= 4 is 5.82 Å². The molecule has 0 fully saturated rings. The molecule has 0 aliphatic heterocycles. The van der Waals surface area contributed by atoms with E-state index >= 15 is 0 Å². The monoisotopic (exact) mass is 237 g/mol. The number of aromatic nitrogens is 2. The molecule has 0 saturated carbocycles. The first-order valence-electron chi connectivity index (χ1n) is 6.13. The van der Waals surface area contributed by atoms with E-state index < -0.39 is 0 Å². The van der Waals surface area contributed by atoms with Crippen LogP contribution in [0.4, 0.5) is 5.82 Å². The van der Waals surface area contributed by atoms with Crippen LogP contribution in [0.15, 0.2) is 6.33 Å². The highest BCUT2D eigenvalue weighted by molar-refractivity contribution is 5.50. The minimum Gasteiger partial charge on any atom is -0.471 e. The quantitative estimate of drug-likeness (QED) is 0.854. The van der Waals surface area contributed by atoms with E-state index in [9.17, 15) is 0 Å². The summed E-state index contributed by atoms with van der Waals surface area (Å²) in [6, 6.07) is 0. The fraction of sp³-hybridized carbons (Fsp3) is 0.692. The number of ether oxygens (including phenoxy) is 1. The van der Waals surface area contributed by atoms with Crippen molar-refractivity contribution in [3.8, 4) is 5.88 Å². The van der Waals surface area contributed by atoms with Gasteiger partial charge in [-0.15, -0.1) is 0 Å². The highest BCUT2D eigenvalue weighted by atomic mass is 16.5. The first kappa shape index (κ1) is 13.7. The van der Waals surface area contributed by atoms with Crippen LogP contribution < -0.4 is 10.1 Å². The lowest BCUT2D eigenvalue weighted by molar-refractivity contribution is 0.0971. The molecule has 1 rings (SSSR count). The van der Waals surface area contributed by atoms with Crippen LogP contribution >= 0.6 is 0 Å². The van der Waals surface area contributed by atoms with E-state index in [-0.39, 0.29) is 5.60 Å². The summed E-state index contributed by atoms with van der Waals surface area (Å²) in [5.74, 6) is 1.85. The van der Waals surface area contributed by atoms with Crippen molar-refractivity contribution in [2.75, 3.05) is 12.4 Å². The second-order valence-corrected chi connectivity index (χ2v) is 5.06. The zero-order valence-corrected chi connectivity index (χ0v) is 11.7. The Balaban J connectivity index is 3.15. The van der Waals surface area contributed by atoms with Gasteiger partial charge in [0.05, 0.1) is 5.56 Å².